The van der Waals surface area contributed by atoms with Gasteiger partial charge < -0.3 is 4.40 Å². The van der Waals surface area contributed by atoms with Gasteiger partial charge in [-0.25, -0.2) is 8.78 Å². The molecule has 21 heavy (non-hydrogen) atoms. The summed E-state index contributed by atoms with van der Waals surface area (Å²) in [7, 11) is 0. The SMILES string of the molecule is CCc1ccc2cc(-c3ccc(F)cc3F)c(C=O)n2c1. The highest BCUT2D eigenvalue weighted by atomic mass is 19.1. The van der Waals surface area contributed by atoms with E-state index < -0.39 is 11.6 Å². The molecule has 0 aliphatic rings. The maximum atomic E-state index is 14.0. The summed E-state index contributed by atoms with van der Waals surface area (Å²) < 4.78 is 28.7. The highest BCUT2D eigenvalue weighted by molar-refractivity contribution is 5.90. The zero-order chi connectivity index (χ0) is 15.0. The quantitative estimate of drug-likeness (QED) is 0.659. The lowest BCUT2D eigenvalue weighted by Crippen LogP contribution is -1.95. The van der Waals surface area contributed by atoms with Crippen molar-refractivity contribution < 1.29 is 13.6 Å². The molecule has 0 saturated carbocycles. The third kappa shape index (κ3) is 2.23. The molecule has 0 aliphatic carbocycles. The highest BCUT2D eigenvalue weighted by Gasteiger charge is 2.15. The number of aldehydes is 1. The molecule has 0 radical (unpaired) electrons. The van der Waals surface area contributed by atoms with Crippen molar-refractivity contribution in [2.45, 2.75) is 13.3 Å². The van der Waals surface area contributed by atoms with Crippen molar-refractivity contribution >= 4 is 11.8 Å². The molecular formula is C17H13F2NO. The van der Waals surface area contributed by atoms with Crippen molar-refractivity contribution in [3.05, 3.63) is 65.5 Å². The van der Waals surface area contributed by atoms with Gasteiger partial charge in [0.1, 0.15) is 11.6 Å². The average Bonchev–Trinajstić information content (AvgIpc) is 2.84. The molecule has 0 saturated heterocycles. The van der Waals surface area contributed by atoms with E-state index in [0.717, 1.165) is 23.6 Å². The van der Waals surface area contributed by atoms with Gasteiger partial charge in [0, 0.05) is 28.9 Å². The Kier molecular flexibility index (Phi) is 3.29. The van der Waals surface area contributed by atoms with Crippen LogP contribution in [0.15, 0.2) is 42.6 Å². The number of rotatable bonds is 3. The smallest absolute Gasteiger partial charge is 0.167 e. The zero-order valence-corrected chi connectivity index (χ0v) is 11.4. The minimum absolute atomic E-state index is 0.222. The number of benzene rings is 1. The number of carbonyl (C=O) groups is 1. The van der Waals surface area contributed by atoms with E-state index in [-0.39, 0.29) is 5.56 Å². The number of hydrogen-bond acceptors (Lipinski definition) is 1. The standard InChI is InChI=1S/C17H13F2NO/c1-2-11-3-5-13-8-15(17(10-21)20(13)9-11)14-6-4-12(18)7-16(14)19/h3-10H,2H2,1H3. The van der Waals surface area contributed by atoms with E-state index in [0.29, 0.717) is 17.5 Å². The molecule has 0 bridgehead atoms. The predicted octanol–water partition coefficient (Wildman–Crippen LogP) is 4.26. The summed E-state index contributed by atoms with van der Waals surface area (Å²) in [4.78, 5) is 11.4. The molecule has 2 aromatic heterocycles. The minimum Gasteiger partial charge on any atom is -0.313 e. The molecular weight excluding hydrogens is 272 g/mol. The molecule has 0 amide bonds. The number of nitrogens with zero attached hydrogens (tertiary/aromatic N) is 1. The fourth-order valence-electron chi connectivity index (χ4n) is 2.49. The van der Waals surface area contributed by atoms with Crippen molar-refractivity contribution in [2.75, 3.05) is 0 Å². The Balaban J connectivity index is 2.29. The van der Waals surface area contributed by atoms with Gasteiger partial charge in [-0.15, -0.1) is 0 Å². The number of halogens is 2. The number of aromatic nitrogens is 1. The fourth-order valence-corrected chi connectivity index (χ4v) is 2.49. The second-order valence-electron chi connectivity index (χ2n) is 4.87. The lowest BCUT2D eigenvalue weighted by Gasteiger charge is -2.03. The number of aryl methyl sites for hydroxylation is 1. The largest absolute Gasteiger partial charge is 0.313 e. The monoisotopic (exact) mass is 285 g/mol. The third-order valence-corrected chi connectivity index (χ3v) is 3.61. The first-order chi connectivity index (χ1) is 10.1. The van der Waals surface area contributed by atoms with Crippen molar-refractivity contribution in [3.8, 4) is 11.1 Å². The average molecular weight is 285 g/mol. The Hall–Kier alpha value is -2.49. The van der Waals surface area contributed by atoms with Crippen LogP contribution in [0.2, 0.25) is 0 Å². The lowest BCUT2D eigenvalue weighted by molar-refractivity contribution is 0.111. The molecule has 0 N–H and O–H groups in total. The molecule has 1 aromatic carbocycles. The molecule has 0 aliphatic heterocycles. The summed E-state index contributed by atoms with van der Waals surface area (Å²) in [6.07, 6.45) is 3.40. The van der Waals surface area contributed by atoms with E-state index in [9.17, 15) is 13.6 Å². The van der Waals surface area contributed by atoms with Gasteiger partial charge in [0.05, 0.1) is 5.69 Å². The Labute approximate surface area is 120 Å². The molecule has 106 valence electrons. The maximum Gasteiger partial charge on any atom is 0.167 e. The van der Waals surface area contributed by atoms with Crippen LogP contribution in [0.25, 0.3) is 16.6 Å². The van der Waals surface area contributed by atoms with Gasteiger partial charge in [0.2, 0.25) is 0 Å². The highest BCUT2D eigenvalue weighted by Crippen LogP contribution is 2.29. The Morgan fingerprint density at radius 3 is 2.57 bits per heavy atom. The van der Waals surface area contributed by atoms with Gasteiger partial charge in [-0.05, 0) is 36.2 Å². The van der Waals surface area contributed by atoms with Gasteiger partial charge in [-0.1, -0.05) is 13.0 Å². The second kappa shape index (κ2) is 5.13. The summed E-state index contributed by atoms with van der Waals surface area (Å²) in [6.45, 7) is 2.02. The first-order valence-corrected chi connectivity index (χ1v) is 6.68. The van der Waals surface area contributed by atoms with Crippen LogP contribution in [0.4, 0.5) is 8.78 Å². The first-order valence-electron chi connectivity index (χ1n) is 6.68. The van der Waals surface area contributed by atoms with Gasteiger partial charge >= 0.3 is 0 Å². The van der Waals surface area contributed by atoms with Crippen LogP contribution < -0.4 is 0 Å². The maximum absolute atomic E-state index is 14.0. The van der Waals surface area contributed by atoms with Crippen molar-refractivity contribution in [1.82, 2.24) is 4.40 Å². The van der Waals surface area contributed by atoms with Crippen LogP contribution in [0.3, 0.4) is 0 Å². The third-order valence-electron chi connectivity index (χ3n) is 3.61. The van der Waals surface area contributed by atoms with Crippen LogP contribution in [-0.2, 0) is 6.42 Å². The second-order valence-corrected chi connectivity index (χ2v) is 4.87. The minimum atomic E-state index is -0.676. The van der Waals surface area contributed by atoms with E-state index in [4.69, 9.17) is 0 Å². The first kappa shape index (κ1) is 13.5. The normalized spacial score (nSPS) is 11.0. The molecule has 4 heteroatoms. The molecule has 3 aromatic rings. The Morgan fingerprint density at radius 2 is 1.90 bits per heavy atom. The van der Waals surface area contributed by atoms with Crippen LogP contribution in [0.5, 0.6) is 0 Å². The van der Waals surface area contributed by atoms with E-state index in [1.807, 2.05) is 25.3 Å². The van der Waals surface area contributed by atoms with Crippen molar-refractivity contribution in [1.29, 1.82) is 0 Å². The van der Waals surface area contributed by atoms with Gasteiger partial charge in [0.15, 0.2) is 6.29 Å². The van der Waals surface area contributed by atoms with Crippen LogP contribution in [0.1, 0.15) is 23.0 Å². The molecule has 3 rings (SSSR count). The molecule has 0 unspecified atom stereocenters. The number of fused-ring (bicyclic) bond motifs is 1. The van der Waals surface area contributed by atoms with Gasteiger partial charge in [-0.3, -0.25) is 4.79 Å². The number of carbonyl (C=O) groups excluding carboxylic acids is 1. The van der Waals surface area contributed by atoms with Crippen LogP contribution >= 0.6 is 0 Å². The molecule has 2 nitrogen and oxygen atoms in total. The summed E-state index contributed by atoms with van der Waals surface area (Å²) in [5.41, 5.74) is 2.93. The summed E-state index contributed by atoms with van der Waals surface area (Å²) in [5, 5.41) is 0. The number of pyridine rings is 1. The summed E-state index contributed by atoms with van der Waals surface area (Å²) in [5.74, 6) is -1.31. The van der Waals surface area contributed by atoms with Gasteiger partial charge in [-0.2, -0.15) is 0 Å². The molecule has 0 fully saturated rings. The number of hydrogen-bond donors (Lipinski definition) is 0. The van der Waals surface area contributed by atoms with E-state index >= 15 is 0 Å². The van der Waals surface area contributed by atoms with E-state index in [1.165, 1.54) is 12.1 Å². The van der Waals surface area contributed by atoms with Crippen molar-refractivity contribution in [3.63, 3.8) is 0 Å². The van der Waals surface area contributed by atoms with E-state index in [1.54, 1.807) is 10.5 Å². The summed E-state index contributed by atoms with van der Waals surface area (Å²) in [6, 6.07) is 8.95. The van der Waals surface area contributed by atoms with E-state index in [2.05, 4.69) is 0 Å². The topological polar surface area (TPSA) is 21.5 Å². The van der Waals surface area contributed by atoms with Crippen LogP contribution in [0, 0.1) is 11.6 Å². The van der Waals surface area contributed by atoms with Gasteiger partial charge in [0.25, 0.3) is 0 Å². The molecule has 0 spiro atoms. The molecule has 0 atom stereocenters. The summed E-state index contributed by atoms with van der Waals surface area (Å²) >= 11 is 0. The van der Waals surface area contributed by atoms with Crippen molar-refractivity contribution in [2.24, 2.45) is 0 Å². The zero-order valence-electron chi connectivity index (χ0n) is 11.4. The predicted molar refractivity (Wildman–Crippen MR) is 77.5 cm³/mol. The lowest BCUT2D eigenvalue weighted by atomic mass is 10.1. The fraction of sp³-hybridized carbons (Fsp3) is 0.118. The Bertz CT molecular complexity index is 836. The Morgan fingerprint density at radius 1 is 1.10 bits per heavy atom. The molecule has 2 heterocycles. The van der Waals surface area contributed by atoms with Crippen LogP contribution in [-0.4, -0.2) is 10.7 Å².